The van der Waals surface area contributed by atoms with Gasteiger partial charge in [-0.25, -0.2) is 9.59 Å². The van der Waals surface area contributed by atoms with E-state index >= 15 is 0 Å². The minimum Gasteiger partial charge on any atom is -0.480 e. The van der Waals surface area contributed by atoms with Crippen LogP contribution >= 0.6 is 11.8 Å². The van der Waals surface area contributed by atoms with E-state index < -0.39 is 18.1 Å². The number of carboxylic acids is 1. The third kappa shape index (κ3) is 4.63. The molecule has 2 aliphatic carbocycles. The first-order valence-corrected chi connectivity index (χ1v) is 13.3. The molecule has 2 N–H and O–H groups in total. The summed E-state index contributed by atoms with van der Waals surface area (Å²) in [5.74, 6) is -0.826. The van der Waals surface area contributed by atoms with E-state index in [1.165, 1.54) is 11.1 Å². The number of rotatable bonds is 8. The van der Waals surface area contributed by atoms with E-state index in [9.17, 15) is 19.5 Å². The van der Waals surface area contributed by atoms with E-state index in [0.717, 1.165) is 24.0 Å². The normalized spacial score (nSPS) is 24.5. The molecule has 2 amide bonds. The predicted octanol–water partition coefficient (Wildman–Crippen LogP) is 4.32. The van der Waals surface area contributed by atoms with Crippen LogP contribution in [0.2, 0.25) is 0 Å². The highest BCUT2D eigenvalue weighted by atomic mass is 32.2. The second kappa shape index (κ2) is 9.93. The summed E-state index contributed by atoms with van der Waals surface area (Å²) in [7, 11) is 0. The molecule has 2 aromatic carbocycles. The van der Waals surface area contributed by atoms with Crippen LogP contribution in [0.25, 0.3) is 11.1 Å². The number of carboxylic acid groups (broad SMARTS) is 1. The number of nitrogens with one attached hydrogen (secondary N) is 1. The van der Waals surface area contributed by atoms with Gasteiger partial charge in [-0.2, -0.15) is 0 Å². The van der Waals surface area contributed by atoms with Crippen LogP contribution in [-0.4, -0.2) is 58.3 Å². The topological polar surface area (TPSA) is 95.9 Å². The van der Waals surface area contributed by atoms with Crippen LogP contribution in [0, 0.1) is 11.8 Å². The maximum atomic E-state index is 13.1. The summed E-state index contributed by atoms with van der Waals surface area (Å²) >= 11 is 1.55. The van der Waals surface area contributed by atoms with E-state index in [1.807, 2.05) is 31.2 Å². The zero-order valence-corrected chi connectivity index (χ0v) is 20.5. The number of amides is 2. The van der Waals surface area contributed by atoms with Crippen molar-refractivity contribution in [3.63, 3.8) is 0 Å². The Morgan fingerprint density at radius 1 is 1.09 bits per heavy atom. The standard InChI is InChI=1S/C27H30N2O5S/c1-2-7-24-29(23(15-35-24)26(31)32)25(30)21-12-16(21)13-28-27(33)34-14-22-19-10-5-3-8-17(19)18-9-4-6-11-20(18)22/h3-6,8-11,16,21-24H,2,7,12-15H2,1H3,(H,28,33)(H,31,32)/t16-,21-,23?,24?/m0/s1. The number of hydrogen-bond donors (Lipinski definition) is 2. The summed E-state index contributed by atoms with van der Waals surface area (Å²) in [5.41, 5.74) is 4.68. The lowest BCUT2D eigenvalue weighted by molar-refractivity contribution is -0.149. The van der Waals surface area contributed by atoms with Crippen molar-refractivity contribution in [3.8, 4) is 11.1 Å². The summed E-state index contributed by atoms with van der Waals surface area (Å²) in [4.78, 5) is 38.8. The van der Waals surface area contributed by atoms with Crippen molar-refractivity contribution in [3.05, 3.63) is 59.7 Å². The monoisotopic (exact) mass is 494 g/mol. The van der Waals surface area contributed by atoms with Gasteiger partial charge in [-0.1, -0.05) is 61.9 Å². The fourth-order valence-corrected chi connectivity index (χ4v) is 6.87. The van der Waals surface area contributed by atoms with Crippen molar-refractivity contribution in [1.29, 1.82) is 0 Å². The third-order valence-corrected chi connectivity index (χ3v) is 8.62. The zero-order chi connectivity index (χ0) is 24.5. The molecule has 5 rings (SSSR count). The molecule has 1 saturated heterocycles. The Kier molecular flexibility index (Phi) is 6.73. The molecule has 2 fully saturated rings. The Morgan fingerprint density at radius 2 is 1.74 bits per heavy atom. The zero-order valence-electron chi connectivity index (χ0n) is 19.7. The molecule has 0 bridgehead atoms. The van der Waals surface area contributed by atoms with Crippen molar-refractivity contribution in [2.45, 2.75) is 43.5 Å². The van der Waals surface area contributed by atoms with Gasteiger partial charge in [0.05, 0.1) is 5.37 Å². The molecule has 0 spiro atoms. The van der Waals surface area contributed by atoms with Gasteiger partial charge < -0.3 is 20.1 Å². The second-order valence-corrected chi connectivity index (χ2v) is 10.7. The predicted molar refractivity (Wildman–Crippen MR) is 134 cm³/mol. The lowest BCUT2D eigenvalue weighted by Gasteiger charge is -2.27. The number of nitrogens with zero attached hydrogens (tertiary/aromatic N) is 1. The highest BCUT2D eigenvalue weighted by Crippen LogP contribution is 2.45. The summed E-state index contributed by atoms with van der Waals surface area (Å²) < 4.78 is 5.58. The molecule has 2 unspecified atom stereocenters. The van der Waals surface area contributed by atoms with Crippen LogP contribution in [0.15, 0.2) is 48.5 Å². The van der Waals surface area contributed by atoms with Gasteiger partial charge in [0.2, 0.25) is 5.91 Å². The third-order valence-electron chi connectivity index (χ3n) is 7.26. The molecule has 1 heterocycles. The molecule has 35 heavy (non-hydrogen) atoms. The first-order valence-electron chi connectivity index (χ1n) is 12.2. The van der Waals surface area contributed by atoms with Gasteiger partial charge >= 0.3 is 12.1 Å². The molecule has 3 aliphatic rings. The molecule has 4 atom stereocenters. The quantitative estimate of drug-likeness (QED) is 0.568. The fraction of sp³-hybridized carbons (Fsp3) is 0.444. The van der Waals surface area contributed by atoms with Gasteiger partial charge in [-0.15, -0.1) is 11.8 Å². The van der Waals surface area contributed by atoms with Crippen LogP contribution in [0.5, 0.6) is 0 Å². The Bertz CT molecular complexity index is 1090. The van der Waals surface area contributed by atoms with Crippen molar-refractivity contribution >= 4 is 29.7 Å². The minimum atomic E-state index is -0.946. The molecule has 1 aliphatic heterocycles. The number of thioether (sulfide) groups is 1. The van der Waals surface area contributed by atoms with Crippen LogP contribution in [-0.2, 0) is 14.3 Å². The SMILES string of the molecule is CCCC1SCC(C(=O)O)N1C(=O)[C@H]1C[C@H]1CNC(=O)OCC1c2ccccc2-c2ccccc21. The first-order chi connectivity index (χ1) is 17.0. The average Bonchev–Trinajstić information content (AvgIpc) is 3.41. The molecular weight excluding hydrogens is 464 g/mol. The van der Waals surface area contributed by atoms with Gasteiger partial charge in [0.1, 0.15) is 12.6 Å². The highest BCUT2D eigenvalue weighted by molar-refractivity contribution is 8.00. The summed E-state index contributed by atoms with van der Waals surface area (Å²) in [5, 5.41) is 12.3. The highest BCUT2D eigenvalue weighted by Gasteiger charge is 2.50. The van der Waals surface area contributed by atoms with Crippen LogP contribution in [0.3, 0.4) is 0 Å². The lowest BCUT2D eigenvalue weighted by Crippen LogP contribution is -2.46. The average molecular weight is 495 g/mol. The van der Waals surface area contributed by atoms with Crippen molar-refractivity contribution in [2.24, 2.45) is 11.8 Å². The lowest BCUT2D eigenvalue weighted by atomic mass is 9.98. The van der Waals surface area contributed by atoms with E-state index in [4.69, 9.17) is 4.74 Å². The molecular formula is C27H30N2O5S. The van der Waals surface area contributed by atoms with Crippen LogP contribution in [0.4, 0.5) is 4.79 Å². The summed E-state index contributed by atoms with van der Waals surface area (Å²) in [6, 6.07) is 15.6. The van der Waals surface area contributed by atoms with Crippen LogP contribution < -0.4 is 5.32 Å². The number of aliphatic carboxylic acids is 1. The molecule has 2 aromatic rings. The number of hydrogen-bond acceptors (Lipinski definition) is 5. The van der Waals surface area contributed by atoms with Gasteiger partial charge in [-0.3, -0.25) is 4.79 Å². The smallest absolute Gasteiger partial charge is 0.407 e. The number of benzene rings is 2. The summed E-state index contributed by atoms with van der Waals surface area (Å²) in [6.45, 7) is 2.64. The first kappa shape index (κ1) is 23.7. The second-order valence-electron chi connectivity index (χ2n) is 9.48. The number of fused-ring (bicyclic) bond motifs is 3. The Balaban J connectivity index is 1.13. The Morgan fingerprint density at radius 3 is 2.37 bits per heavy atom. The van der Waals surface area contributed by atoms with Crippen molar-refractivity contribution in [1.82, 2.24) is 10.2 Å². The minimum absolute atomic E-state index is 0.000445. The molecule has 1 saturated carbocycles. The molecule has 184 valence electrons. The van der Waals surface area contributed by atoms with Gasteiger partial charge in [0, 0.05) is 24.1 Å². The number of alkyl carbamates (subject to hydrolysis) is 1. The maximum absolute atomic E-state index is 13.1. The van der Waals surface area contributed by atoms with Crippen molar-refractivity contribution in [2.75, 3.05) is 18.9 Å². The Labute approximate surface area is 209 Å². The summed E-state index contributed by atoms with van der Waals surface area (Å²) in [6.07, 6.45) is 1.85. The van der Waals surface area contributed by atoms with Crippen LogP contribution in [0.1, 0.15) is 43.2 Å². The molecule has 8 heteroatoms. The van der Waals surface area contributed by atoms with E-state index in [0.29, 0.717) is 18.7 Å². The molecule has 0 aromatic heterocycles. The molecule has 0 radical (unpaired) electrons. The fourth-order valence-electron chi connectivity index (χ4n) is 5.35. The van der Waals surface area contributed by atoms with E-state index in [-0.39, 0.29) is 35.6 Å². The largest absolute Gasteiger partial charge is 0.480 e. The van der Waals surface area contributed by atoms with E-state index in [1.54, 1.807) is 16.7 Å². The maximum Gasteiger partial charge on any atom is 0.407 e. The van der Waals surface area contributed by atoms with E-state index in [2.05, 4.69) is 29.6 Å². The number of carbonyl (C=O) groups excluding carboxylic acids is 2. The van der Waals surface area contributed by atoms with Gasteiger partial charge in [0.15, 0.2) is 0 Å². The van der Waals surface area contributed by atoms with Crippen molar-refractivity contribution < 1.29 is 24.2 Å². The molecule has 7 nitrogen and oxygen atoms in total. The Hall–Kier alpha value is -3.00. The van der Waals surface area contributed by atoms with Gasteiger partial charge in [0.25, 0.3) is 0 Å². The van der Waals surface area contributed by atoms with Gasteiger partial charge in [-0.05, 0) is 41.0 Å². The number of carbonyl (C=O) groups is 3. The number of ether oxygens (including phenoxy) is 1.